The molecular weight excluding hydrogens is 303 g/mol. The molecule has 4 heteroatoms. The van der Waals surface area contributed by atoms with E-state index in [2.05, 4.69) is 15.9 Å². The molecule has 0 aromatic heterocycles. The molecule has 1 aliphatic rings. The van der Waals surface area contributed by atoms with Crippen molar-refractivity contribution in [1.29, 1.82) is 0 Å². The smallest absolute Gasteiger partial charge is 0.142 e. The molecule has 1 aromatic rings. The van der Waals surface area contributed by atoms with E-state index in [0.717, 1.165) is 36.1 Å². The summed E-state index contributed by atoms with van der Waals surface area (Å²) in [5.41, 5.74) is 1.08. The Morgan fingerprint density at radius 3 is 3.00 bits per heavy atom. The zero-order chi connectivity index (χ0) is 12.1. The van der Waals surface area contributed by atoms with E-state index in [4.69, 9.17) is 21.1 Å². The quantitative estimate of drug-likeness (QED) is 0.775. The van der Waals surface area contributed by atoms with E-state index in [9.17, 15) is 0 Å². The second-order valence-corrected chi connectivity index (χ2v) is 5.13. The summed E-state index contributed by atoms with van der Waals surface area (Å²) in [5, 5.41) is 1.41. The average Bonchev–Trinajstić information content (AvgIpc) is 2.38. The Morgan fingerprint density at radius 1 is 1.41 bits per heavy atom. The molecule has 1 unspecified atom stereocenters. The SMILES string of the molecule is Clc1cccc(CBr)c1OCC1CCCCO1. The number of ether oxygens (including phenoxy) is 2. The number of rotatable bonds is 4. The molecule has 0 N–H and O–H groups in total. The highest BCUT2D eigenvalue weighted by Crippen LogP contribution is 2.30. The van der Waals surface area contributed by atoms with Gasteiger partial charge in [0.25, 0.3) is 0 Å². The van der Waals surface area contributed by atoms with Crippen molar-refractivity contribution in [1.82, 2.24) is 0 Å². The second kappa shape index (κ2) is 6.62. The number of hydrogen-bond donors (Lipinski definition) is 0. The third-order valence-corrected chi connectivity index (χ3v) is 3.78. The van der Waals surface area contributed by atoms with Crippen LogP contribution in [0.15, 0.2) is 18.2 Å². The van der Waals surface area contributed by atoms with Crippen LogP contribution in [-0.2, 0) is 10.1 Å². The Kier molecular flexibility index (Phi) is 5.14. The predicted octanol–water partition coefficient (Wildman–Crippen LogP) is 4.18. The summed E-state index contributed by atoms with van der Waals surface area (Å²) < 4.78 is 11.4. The first kappa shape index (κ1) is 13.2. The molecule has 94 valence electrons. The van der Waals surface area contributed by atoms with E-state index >= 15 is 0 Å². The molecule has 0 radical (unpaired) electrons. The molecule has 1 atom stereocenters. The van der Waals surface area contributed by atoms with Crippen molar-refractivity contribution in [2.45, 2.75) is 30.7 Å². The van der Waals surface area contributed by atoms with E-state index in [1.54, 1.807) is 0 Å². The van der Waals surface area contributed by atoms with Gasteiger partial charge in [0.2, 0.25) is 0 Å². The van der Waals surface area contributed by atoms with Crippen molar-refractivity contribution in [2.75, 3.05) is 13.2 Å². The summed E-state index contributed by atoms with van der Waals surface area (Å²) in [6.45, 7) is 1.44. The van der Waals surface area contributed by atoms with Crippen molar-refractivity contribution in [2.24, 2.45) is 0 Å². The number of benzene rings is 1. The predicted molar refractivity (Wildman–Crippen MR) is 73.2 cm³/mol. The molecule has 17 heavy (non-hydrogen) atoms. The van der Waals surface area contributed by atoms with Crippen LogP contribution in [0.5, 0.6) is 5.75 Å². The minimum absolute atomic E-state index is 0.211. The Labute approximate surface area is 115 Å². The van der Waals surface area contributed by atoms with Crippen LogP contribution in [0, 0.1) is 0 Å². The van der Waals surface area contributed by atoms with Crippen LogP contribution in [0.25, 0.3) is 0 Å². The molecule has 0 amide bonds. The summed E-state index contributed by atoms with van der Waals surface area (Å²) in [6.07, 6.45) is 3.67. The van der Waals surface area contributed by atoms with Gasteiger partial charge in [-0.1, -0.05) is 39.7 Å². The maximum atomic E-state index is 6.14. The monoisotopic (exact) mass is 318 g/mol. The molecule has 1 aliphatic heterocycles. The summed E-state index contributed by atoms with van der Waals surface area (Å²) in [7, 11) is 0. The first-order valence-corrected chi connectivity index (χ1v) is 7.39. The van der Waals surface area contributed by atoms with E-state index in [-0.39, 0.29) is 6.10 Å². The Morgan fingerprint density at radius 2 is 2.29 bits per heavy atom. The largest absolute Gasteiger partial charge is 0.489 e. The summed E-state index contributed by atoms with van der Waals surface area (Å²) in [4.78, 5) is 0. The lowest BCUT2D eigenvalue weighted by molar-refractivity contribution is -0.0111. The van der Waals surface area contributed by atoms with Gasteiger partial charge in [0.1, 0.15) is 12.4 Å². The Balaban J connectivity index is 1.97. The van der Waals surface area contributed by atoms with E-state index in [1.807, 2.05) is 18.2 Å². The van der Waals surface area contributed by atoms with Crippen LogP contribution in [0.2, 0.25) is 5.02 Å². The fourth-order valence-corrected chi connectivity index (χ4v) is 2.63. The Hall–Kier alpha value is -0.250. The molecule has 1 saturated heterocycles. The third kappa shape index (κ3) is 3.60. The number of para-hydroxylation sites is 1. The summed E-state index contributed by atoms with van der Waals surface area (Å²) in [6, 6.07) is 5.80. The molecule has 0 spiro atoms. The zero-order valence-corrected chi connectivity index (χ0v) is 12.0. The molecule has 0 saturated carbocycles. The van der Waals surface area contributed by atoms with Gasteiger partial charge in [-0.25, -0.2) is 0 Å². The molecule has 0 aliphatic carbocycles. The first-order chi connectivity index (χ1) is 8.31. The minimum Gasteiger partial charge on any atom is -0.489 e. The van der Waals surface area contributed by atoms with Crippen molar-refractivity contribution < 1.29 is 9.47 Å². The molecule has 1 fully saturated rings. The van der Waals surface area contributed by atoms with Gasteiger partial charge < -0.3 is 9.47 Å². The fourth-order valence-electron chi connectivity index (χ4n) is 1.94. The zero-order valence-electron chi connectivity index (χ0n) is 9.62. The maximum absolute atomic E-state index is 6.14. The second-order valence-electron chi connectivity index (χ2n) is 4.16. The van der Waals surface area contributed by atoms with Gasteiger partial charge in [0.15, 0.2) is 0 Å². The molecule has 0 bridgehead atoms. The normalized spacial score (nSPS) is 20.2. The molecule has 1 heterocycles. The van der Waals surface area contributed by atoms with Crippen LogP contribution in [-0.4, -0.2) is 19.3 Å². The van der Waals surface area contributed by atoms with E-state index in [1.165, 1.54) is 6.42 Å². The van der Waals surface area contributed by atoms with Gasteiger partial charge >= 0.3 is 0 Å². The van der Waals surface area contributed by atoms with E-state index < -0.39 is 0 Å². The molecule has 2 nitrogen and oxygen atoms in total. The number of alkyl halides is 1. The number of hydrogen-bond acceptors (Lipinski definition) is 2. The highest BCUT2D eigenvalue weighted by molar-refractivity contribution is 9.08. The standard InChI is InChI=1S/C13H16BrClO2/c14-8-10-4-3-6-12(15)13(10)17-9-11-5-1-2-7-16-11/h3-4,6,11H,1-2,5,7-9H2. The van der Waals surface area contributed by atoms with Crippen molar-refractivity contribution in [3.63, 3.8) is 0 Å². The van der Waals surface area contributed by atoms with Crippen LogP contribution < -0.4 is 4.74 Å². The summed E-state index contributed by atoms with van der Waals surface area (Å²) in [5.74, 6) is 0.778. The van der Waals surface area contributed by atoms with Crippen molar-refractivity contribution in [3.05, 3.63) is 28.8 Å². The number of halogens is 2. The van der Waals surface area contributed by atoms with Gasteiger partial charge in [0, 0.05) is 17.5 Å². The molecule has 1 aromatic carbocycles. The molecular formula is C13H16BrClO2. The van der Waals surface area contributed by atoms with Crippen LogP contribution >= 0.6 is 27.5 Å². The lowest BCUT2D eigenvalue weighted by Crippen LogP contribution is -2.26. The van der Waals surface area contributed by atoms with Gasteiger partial charge in [-0.3, -0.25) is 0 Å². The summed E-state index contributed by atoms with van der Waals surface area (Å²) >= 11 is 9.58. The van der Waals surface area contributed by atoms with Crippen molar-refractivity contribution >= 4 is 27.5 Å². The average molecular weight is 320 g/mol. The molecule has 2 rings (SSSR count). The third-order valence-electron chi connectivity index (χ3n) is 2.88. The van der Waals surface area contributed by atoms with Crippen LogP contribution in [0.1, 0.15) is 24.8 Å². The van der Waals surface area contributed by atoms with Crippen LogP contribution in [0.3, 0.4) is 0 Å². The highest BCUT2D eigenvalue weighted by atomic mass is 79.9. The van der Waals surface area contributed by atoms with Gasteiger partial charge in [-0.2, -0.15) is 0 Å². The lowest BCUT2D eigenvalue weighted by Gasteiger charge is -2.23. The fraction of sp³-hybridized carbons (Fsp3) is 0.538. The maximum Gasteiger partial charge on any atom is 0.142 e. The lowest BCUT2D eigenvalue weighted by atomic mass is 10.1. The van der Waals surface area contributed by atoms with Gasteiger partial charge in [0.05, 0.1) is 11.1 Å². The first-order valence-electron chi connectivity index (χ1n) is 5.89. The van der Waals surface area contributed by atoms with Crippen LogP contribution in [0.4, 0.5) is 0 Å². The van der Waals surface area contributed by atoms with E-state index in [0.29, 0.717) is 11.6 Å². The minimum atomic E-state index is 0.211. The van der Waals surface area contributed by atoms with Crippen molar-refractivity contribution in [3.8, 4) is 5.75 Å². The highest BCUT2D eigenvalue weighted by Gasteiger charge is 2.16. The van der Waals surface area contributed by atoms with Gasteiger partial charge in [-0.05, 0) is 25.3 Å². The van der Waals surface area contributed by atoms with Gasteiger partial charge in [-0.15, -0.1) is 0 Å². The Bertz CT molecular complexity index is 364. The topological polar surface area (TPSA) is 18.5 Å².